The van der Waals surface area contributed by atoms with Crippen LogP contribution in [0.2, 0.25) is 0 Å². The summed E-state index contributed by atoms with van der Waals surface area (Å²) in [5.74, 6) is 0.0274. The number of nitrogens with zero attached hydrogens (tertiary/aromatic N) is 1. The van der Waals surface area contributed by atoms with Gasteiger partial charge in [-0.15, -0.1) is 0 Å². The van der Waals surface area contributed by atoms with E-state index in [0.717, 1.165) is 17.5 Å². The van der Waals surface area contributed by atoms with Crippen LogP contribution in [0.5, 0.6) is 0 Å². The molecule has 156 valence electrons. The highest BCUT2D eigenvalue weighted by molar-refractivity contribution is 6.07. The second-order valence-corrected chi connectivity index (χ2v) is 8.65. The summed E-state index contributed by atoms with van der Waals surface area (Å²) in [5.41, 5.74) is 2.77. The molecule has 1 saturated heterocycles. The number of urea groups is 1. The van der Waals surface area contributed by atoms with E-state index < -0.39 is 5.54 Å². The third-order valence-electron chi connectivity index (χ3n) is 5.88. The number of rotatable bonds is 5. The normalized spacial score (nSPS) is 20.4. The van der Waals surface area contributed by atoms with Crippen molar-refractivity contribution in [3.63, 3.8) is 0 Å². The second kappa shape index (κ2) is 7.94. The molecule has 6 nitrogen and oxygen atoms in total. The van der Waals surface area contributed by atoms with Crippen molar-refractivity contribution in [1.82, 2.24) is 15.5 Å². The average molecular weight is 405 g/mol. The Morgan fingerprint density at radius 2 is 1.90 bits per heavy atom. The predicted molar refractivity (Wildman–Crippen MR) is 114 cm³/mol. The largest absolute Gasteiger partial charge is 0.352 e. The Morgan fingerprint density at radius 3 is 2.67 bits per heavy atom. The van der Waals surface area contributed by atoms with E-state index in [-0.39, 0.29) is 24.4 Å². The van der Waals surface area contributed by atoms with Gasteiger partial charge in [-0.3, -0.25) is 14.5 Å². The number of nitrogens with one attached hydrogen (secondary N) is 2. The Bertz CT molecular complexity index is 1000. The molecule has 1 aliphatic carbocycles. The van der Waals surface area contributed by atoms with E-state index in [4.69, 9.17) is 0 Å². The van der Waals surface area contributed by atoms with Crippen LogP contribution in [-0.2, 0) is 24.2 Å². The Labute approximate surface area is 176 Å². The molecule has 2 aromatic carbocycles. The van der Waals surface area contributed by atoms with Gasteiger partial charge in [0.15, 0.2) is 0 Å². The van der Waals surface area contributed by atoms with Crippen LogP contribution in [0.1, 0.15) is 47.3 Å². The minimum Gasteiger partial charge on any atom is -0.352 e. The van der Waals surface area contributed by atoms with E-state index in [0.29, 0.717) is 30.9 Å². The van der Waals surface area contributed by atoms with Crippen molar-refractivity contribution in [2.24, 2.45) is 5.92 Å². The van der Waals surface area contributed by atoms with Crippen LogP contribution >= 0.6 is 0 Å². The van der Waals surface area contributed by atoms with Gasteiger partial charge in [0, 0.05) is 18.5 Å². The van der Waals surface area contributed by atoms with Gasteiger partial charge in [0.2, 0.25) is 0 Å². The van der Waals surface area contributed by atoms with E-state index in [9.17, 15) is 14.4 Å². The van der Waals surface area contributed by atoms with E-state index >= 15 is 0 Å². The predicted octanol–water partition coefficient (Wildman–Crippen LogP) is 3.05. The summed E-state index contributed by atoms with van der Waals surface area (Å²) in [5, 5.41) is 5.85. The summed E-state index contributed by atoms with van der Waals surface area (Å²) in [4.78, 5) is 39.6. The summed E-state index contributed by atoms with van der Waals surface area (Å²) < 4.78 is 0. The molecule has 2 N–H and O–H groups in total. The Morgan fingerprint density at radius 1 is 1.13 bits per heavy atom. The average Bonchev–Trinajstić information content (AvgIpc) is 2.96. The lowest BCUT2D eigenvalue weighted by molar-refractivity contribution is -0.132. The van der Waals surface area contributed by atoms with Crippen molar-refractivity contribution < 1.29 is 14.4 Å². The summed E-state index contributed by atoms with van der Waals surface area (Å²) in [6.45, 7) is 4.82. The Hall–Kier alpha value is -3.15. The molecule has 1 fully saturated rings. The lowest BCUT2D eigenvalue weighted by atomic mass is 9.78. The van der Waals surface area contributed by atoms with Crippen molar-refractivity contribution >= 4 is 17.8 Å². The SMILES string of the molecule is CC(C)CNC(=O)c1cccc(CN2C(=O)NC3(CCc4ccccc4C3)C2=O)c1. The summed E-state index contributed by atoms with van der Waals surface area (Å²) >= 11 is 0. The van der Waals surface area contributed by atoms with Gasteiger partial charge < -0.3 is 10.6 Å². The third-order valence-corrected chi connectivity index (χ3v) is 5.88. The van der Waals surface area contributed by atoms with Gasteiger partial charge in [-0.25, -0.2) is 4.79 Å². The molecule has 2 aliphatic rings. The molecule has 6 heteroatoms. The van der Waals surface area contributed by atoms with Gasteiger partial charge in [0.05, 0.1) is 6.54 Å². The summed E-state index contributed by atoms with van der Waals surface area (Å²) in [6, 6.07) is 14.8. The minimum absolute atomic E-state index is 0.150. The zero-order chi connectivity index (χ0) is 21.3. The zero-order valence-corrected chi connectivity index (χ0v) is 17.4. The van der Waals surface area contributed by atoms with Gasteiger partial charge in [-0.1, -0.05) is 50.2 Å². The first-order chi connectivity index (χ1) is 14.4. The van der Waals surface area contributed by atoms with Crippen LogP contribution in [0.4, 0.5) is 4.79 Å². The lowest BCUT2D eigenvalue weighted by Gasteiger charge is -2.32. The van der Waals surface area contributed by atoms with E-state index in [1.165, 1.54) is 10.5 Å². The van der Waals surface area contributed by atoms with E-state index in [1.807, 2.05) is 38.1 Å². The van der Waals surface area contributed by atoms with Crippen LogP contribution in [0.25, 0.3) is 0 Å². The number of hydrogen-bond acceptors (Lipinski definition) is 3. The molecule has 0 aromatic heterocycles. The molecule has 4 rings (SSSR count). The smallest absolute Gasteiger partial charge is 0.325 e. The number of hydrogen-bond donors (Lipinski definition) is 2. The van der Waals surface area contributed by atoms with Gasteiger partial charge in [0.1, 0.15) is 5.54 Å². The molecule has 0 saturated carbocycles. The molecule has 1 aliphatic heterocycles. The topological polar surface area (TPSA) is 78.5 Å². The molecule has 30 heavy (non-hydrogen) atoms. The first-order valence-electron chi connectivity index (χ1n) is 10.5. The van der Waals surface area contributed by atoms with Crippen molar-refractivity contribution in [3.05, 3.63) is 70.8 Å². The standard InChI is InChI=1S/C24H27N3O3/c1-16(2)14-25-21(28)19-9-5-6-17(12-19)15-27-22(29)24(26-23(27)30)11-10-18-7-3-4-8-20(18)13-24/h3-9,12,16H,10-11,13-15H2,1-2H3,(H,25,28)(H,26,30). The van der Waals surface area contributed by atoms with Crippen LogP contribution in [-0.4, -0.2) is 34.8 Å². The summed E-state index contributed by atoms with van der Waals surface area (Å²) in [6.07, 6.45) is 1.88. The molecule has 1 unspecified atom stereocenters. The lowest BCUT2D eigenvalue weighted by Crippen LogP contribution is -2.51. The fraction of sp³-hybridized carbons (Fsp3) is 0.375. The van der Waals surface area contributed by atoms with Gasteiger partial charge in [-0.05, 0) is 47.6 Å². The van der Waals surface area contributed by atoms with Crippen LogP contribution < -0.4 is 10.6 Å². The number of amides is 4. The van der Waals surface area contributed by atoms with Gasteiger partial charge >= 0.3 is 6.03 Å². The summed E-state index contributed by atoms with van der Waals surface area (Å²) in [7, 11) is 0. The Kier molecular flexibility index (Phi) is 5.33. The van der Waals surface area contributed by atoms with Gasteiger partial charge in [-0.2, -0.15) is 0 Å². The van der Waals surface area contributed by atoms with E-state index in [1.54, 1.807) is 18.2 Å². The van der Waals surface area contributed by atoms with Crippen molar-refractivity contribution in [3.8, 4) is 0 Å². The first kappa shape index (κ1) is 20.1. The number of aryl methyl sites for hydroxylation is 1. The number of fused-ring (bicyclic) bond motifs is 1. The number of benzene rings is 2. The fourth-order valence-corrected chi connectivity index (χ4v) is 4.24. The number of carbonyl (C=O) groups is 3. The number of imide groups is 1. The molecule has 0 radical (unpaired) electrons. The monoisotopic (exact) mass is 405 g/mol. The zero-order valence-electron chi connectivity index (χ0n) is 17.4. The maximum absolute atomic E-state index is 13.3. The highest BCUT2D eigenvalue weighted by Crippen LogP contribution is 2.34. The molecule has 1 heterocycles. The molecular formula is C24H27N3O3. The van der Waals surface area contributed by atoms with Crippen LogP contribution in [0.3, 0.4) is 0 Å². The molecule has 0 bridgehead atoms. The fourth-order valence-electron chi connectivity index (χ4n) is 4.24. The van der Waals surface area contributed by atoms with E-state index in [2.05, 4.69) is 16.7 Å². The molecule has 4 amide bonds. The first-order valence-corrected chi connectivity index (χ1v) is 10.5. The van der Waals surface area contributed by atoms with Crippen LogP contribution in [0, 0.1) is 5.92 Å². The van der Waals surface area contributed by atoms with Crippen molar-refractivity contribution in [1.29, 1.82) is 0 Å². The highest BCUT2D eigenvalue weighted by Gasteiger charge is 2.52. The highest BCUT2D eigenvalue weighted by atomic mass is 16.2. The van der Waals surface area contributed by atoms with Crippen molar-refractivity contribution in [2.45, 2.75) is 45.2 Å². The molecule has 1 spiro atoms. The quantitative estimate of drug-likeness (QED) is 0.751. The molecule has 2 aromatic rings. The van der Waals surface area contributed by atoms with Crippen molar-refractivity contribution in [2.75, 3.05) is 6.54 Å². The molecule has 1 atom stereocenters. The molecular weight excluding hydrogens is 378 g/mol. The Balaban J connectivity index is 1.50. The second-order valence-electron chi connectivity index (χ2n) is 8.65. The van der Waals surface area contributed by atoms with Gasteiger partial charge in [0.25, 0.3) is 11.8 Å². The maximum Gasteiger partial charge on any atom is 0.325 e. The number of carbonyl (C=O) groups excluding carboxylic acids is 3. The third kappa shape index (κ3) is 3.82. The minimum atomic E-state index is -0.863. The van der Waals surface area contributed by atoms with Crippen LogP contribution in [0.15, 0.2) is 48.5 Å². The maximum atomic E-state index is 13.3.